The SMILES string of the molecule is Cc1cc(C)cc(N2C(=O)C(Cl)=C(Nc3ccc(C(=O)N4CCC(C)CC4)cc3)C2=O)c1. The molecule has 0 bridgehead atoms. The molecule has 0 spiro atoms. The van der Waals surface area contributed by atoms with Gasteiger partial charge >= 0.3 is 0 Å². The van der Waals surface area contributed by atoms with E-state index in [1.807, 2.05) is 24.8 Å². The lowest BCUT2D eigenvalue weighted by Gasteiger charge is -2.30. The van der Waals surface area contributed by atoms with Gasteiger partial charge in [-0.2, -0.15) is 0 Å². The molecule has 0 aromatic heterocycles. The molecule has 2 aromatic rings. The molecule has 0 saturated carbocycles. The lowest BCUT2D eigenvalue weighted by atomic mass is 9.98. The summed E-state index contributed by atoms with van der Waals surface area (Å²) in [7, 11) is 0. The molecule has 0 aliphatic carbocycles. The number of amides is 3. The number of rotatable bonds is 4. The van der Waals surface area contributed by atoms with E-state index in [0.29, 0.717) is 22.9 Å². The van der Waals surface area contributed by atoms with Crippen LogP contribution in [-0.2, 0) is 9.59 Å². The first-order valence-corrected chi connectivity index (χ1v) is 11.2. The van der Waals surface area contributed by atoms with Crippen molar-refractivity contribution < 1.29 is 14.4 Å². The van der Waals surface area contributed by atoms with Crippen LogP contribution in [0.5, 0.6) is 0 Å². The van der Waals surface area contributed by atoms with Gasteiger partial charge in [0.25, 0.3) is 17.7 Å². The third-order valence-corrected chi connectivity index (χ3v) is 6.31. The van der Waals surface area contributed by atoms with Crippen molar-refractivity contribution in [3.63, 3.8) is 0 Å². The fourth-order valence-corrected chi connectivity index (χ4v) is 4.37. The molecule has 7 heteroatoms. The summed E-state index contributed by atoms with van der Waals surface area (Å²) in [4.78, 5) is 41.4. The maximum Gasteiger partial charge on any atom is 0.283 e. The van der Waals surface area contributed by atoms with Crippen molar-refractivity contribution in [2.75, 3.05) is 23.3 Å². The van der Waals surface area contributed by atoms with E-state index in [0.717, 1.165) is 42.0 Å². The van der Waals surface area contributed by atoms with E-state index in [9.17, 15) is 14.4 Å². The van der Waals surface area contributed by atoms with Gasteiger partial charge in [-0.15, -0.1) is 0 Å². The van der Waals surface area contributed by atoms with E-state index in [-0.39, 0.29) is 16.6 Å². The number of piperidine rings is 1. The average Bonchev–Trinajstić information content (AvgIpc) is 2.97. The first-order valence-electron chi connectivity index (χ1n) is 10.8. The second-order valence-corrected chi connectivity index (χ2v) is 9.04. The molecule has 1 fully saturated rings. The summed E-state index contributed by atoms with van der Waals surface area (Å²) < 4.78 is 0. The van der Waals surface area contributed by atoms with Crippen LogP contribution < -0.4 is 10.2 Å². The smallest absolute Gasteiger partial charge is 0.283 e. The van der Waals surface area contributed by atoms with Crippen LogP contribution in [0.25, 0.3) is 0 Å². The number of carbonyl (C=O) groups is 3. The fraction of sp³-hybridized carbons (Fsp3) is 0.320. The molecule has 0 unspecified atom stereocenters. The highest BCUT2D eigenvalue weighted by Gasteiger charge is 2.39. The number of likely N-dealkylation sites (tertiary alicyclic amines) is 1. The van der Waals surface area contributed by atoms with Crippen LogP contribution in [0.15, 0.2) is 53.2 Å². The highest BCUT2D eigenvalue weighted by atomic mass is 35.5. The molecule has 3 amide bonds. The second kappa shape index (κ2) is 8.79. The number of imide groups is 1. The van der Waals surface area contributed by atoms with E-state index in [4.69, 9.17) is 11.6 Å². The minimum atomic E-state index is -0.560. The predicted octanol–water partition coefficient (Wildman–Crippen LogP) is 4.61. The molecule has 1 N–H and O–H groups in total. The minimum Gasteiger partial charge on any atom is -0.350 e. The number of nitrogens with one attached hydrogen (secondary N) is 1. The minimum absolute atomic E-state index is 0.00816. The molecule has 4 rings (SSSR count). The Morgan fingerprint density at radius 3 is 2.16 bits per heavy atom. The molecule has 0 atom stereocenters. The van der Waals surface area contributed by atoms with Crippen LogP contribution in [0, 0.1) is 19.8 Å². The second-order valence-electron chi connectivity index (χ2n) is 8.66. The average molecular weight is 452 g/mol. The van der Waals surface area contributed by atoms with Crippen LogP contribution in [0.1, 0.15) is 41.3 Å². The summed E-state index contributed by atoms with van der Waals surface area (Å²) in [5.41, 5.74) is 3.58. The van der Waals surface area contributed by atoms with Crippen molar-refractivity contribution in [3.05, 3.63) is 69.9 Å². The van der Waals surface area contributed by atoms with Crippen molar-refractivity contribution in [2.24, 2.45) is 5.92 Å². The predicted molar refractivity (Wildman–Crippen MR) is 126 cm³/mol. The van der Waals surface area contributed by atoms with E-state index in [1.165, 1.54) is 0 Å². The van der Waals surface area contributed by atoms with Crippen molar-refractivity contribution in [1.29, 1.82) is 0 Å². The Bertz CT molecular complexity index is 1100. The fourth-order valence-electron chi connectivity index (χ4n) is 4.16. The lowest BCUT2D eigenvalue weighted by molar-refractivity contribution is -0.120. The molecule has 6 nitrogen and oxygen atoms in total. The number of aryl methyl sites for hydroxylation is 2. The molecular weight excluding hydrogens is 426 g/mol. The van der Waals surface area contributed by atoms with Crippen molar-refractivity contribution in [3.8, 4) is 0 Å². The zero-order chi connectivity index (χ0) is 23.0. The number of halogens is 1. The molecule has 2 aliphatic rings. The normalized spacial score (nSPS) is 17.4. The Hall–Kier alpha value is -3.12. The van der Waals surface area contributed by atoms with Gasteiger partial charge in [0.2, 0.25) is 0 Å². The van der Waals surface area contributed by atoms with Crippen molar-refractivity contribution in [1.82, 2.24) is 4.90 Å². The summed E-state index contributed by atoms with van der Waals surface area (Å²) in [6.45, 7) is 7.56. The molecule has 0 radical (unpaired) electrons. The number of anilines is 2. The molecule has 32 heavy (non-hydrogen) atoms. The standard InChI is InChI=1S/C25H26ClN3O3/c1-15-8-10-28(11-9-15)23(30)18-4-6-19(7-5-18)27-22-21(26)24(31)29(25(22)32)20-13-16(2)12-17(3)14-20/h4-7,12-15,27H,8-11H2,1-3H3. The first kappa shape index (κ1) is 22.1. The maximum absolute atomic E-state index is 13.0. The number of hydrogen-bond acceptors (Lipinski definition) is 4. The van der Waals surface area contributed by atoms with Crippen LogP contribution in [0.4, 0.5) is 11.4 Å². The van der Waals surface area contributed by atoms with Crippen molar-refractivity contribution >= 4 is 40.7 Å². The van der Waals surface area contributed by atoms with E-state index < -0.39 is 11.8 Å². The van der Waals surface area contributed by atoms with Gasteiger partial charge in [0, 0.05) is 24.3 Å². The highest BCUT2D eigenvalue weighted by molar-refractivity contribution is 6.53. The zero-order valence-corrected chi connectivity index (χ0v) is 19.2. The van der Waals surface area contributed by atoms with Crippen LogP contribution in [-0.4, -0.2) is 35.7 Å². The van der Waals surface area contributed by atoms with Gasteiger partial charge < -0.3 is 10.2 Å². The summed E-state index contributed by atoms with van der Waals surface area (Å²) in [6, 6.07) is 12.4. The summed E-state index contributed by atoms with van der Waals surface area (Å²) in [6.07, 6.45) is 2.04. The van der Waals surface area contributed by atoms with Crippen molar-refractivity contribution in [2.45, 2.75) is 33.6 Å². The molecule has 2 heterocycles. The van der Waals surface area contributed by atoms with Gasteiger partial charge in [-0.1, -0.05) is 24.6 Å². The van der Waals surface area contributed by atoms with Gasteiger partial charge in [-0.05, 0) is 80.1 Å². The molecule has 2 aromatic carbocycles. The Morgan fingerprint density at radius 2 is 1.56 bits per heavy atom. The summed E-state index contributed by atoms with van der Waals surface area (Å²) in [5.74, 6) is -0.407. The van der Waals surface area contributed by atoms with E-state index in [1.54, 1.807) is 36.4 Å². The topological polar surface area (TPSA) is 69.7 Å². The molecule has 166 valence electrons. The van der Waals surface area contributed by atoms with E-state index in [2.05, 4.69) is 12.2 Å². The molecular formula is C25H26ClN3O3. The third kappa shape index (κ3) is 4.28. The van der Waals surface area contributed by atoms with Gasteiger partial charge in [0.1, 0.15) is 10.7 Å². The van der Waals surface area contributed by atoms with E-state index >= 15 is 0 Å². The Labute approximate surface area is 192 Å². The third-order valence-electron chi connectivity index (χ3n) is 5.96. The quantitative estimate of drug-likeness (QED) is 0.689. The van der Waals surface area contributed by atoms with Crippen LogP contribution in [0.2, 0.25) is 0 Å². The van der Waals surface area contributed by atoms with Gasteiger partial charge in [0.05, 0.1) is 5.69 Å². The Balaban J connectivity index is 1.49. The number of carbonyl (C=O) groups excluding carboxylic acids is 3. The van der Waals surface area contributed by atoms with Gasteiger partial charge in [-0.25, -0.2) is 4.90 Å². The number of hydrogen-bond donors (Lipinski definition) is 1. The monoisotopic (exact) mass is 451 g/mol. The highest BCUT2D eigenvalue weighted by Crippen LogP contribution is 2.31. The van der Waals surface area contributed by atoms with Crippen LogP contribution in [0.3, 0.4) is 0 Å². The maximum atomic E-state index is 13.0. The van der Waals surface area contributed by atoms with Gasteiger partial charge in [0.15, 0.2) is 0 Å². The Kier molecular flexibility index (Phi) is 6.07. The summed E-state index contributed by atoms with van der Waals surface area (Å²) in [5, 5.41) is 2.81. The number of benzene rings is 2. The van der Waals surface area contributed by atoms with Gasteiger partial charge in [-0.3, -0.25) is 14.4 Å². The molecule has 1 saturated heterocycles. The zero-order valence-electron chi connectivity index (χ0n) is 18.4. The first-order chi connectivity index (χ1) is 15.2. The lowest BCUT2D eigenvalue weighted by Crippen LogP contribution is -2.37. The Morgan fingerprint density at radius 1 is 0.969 bits per heavy atom. The summed E-state index contributed by atoms with van der Waals surface area (Å²) >= 11 is 6.24. The molecule has 2 aliphatic heterocycles. The van der Waals surface area contributed by atoms with Crippen LogP contribution >= 0.6 is 11.6 Å². The largest absolute Gasteiger partial charge is 0.350 e. The number of nitrogens with zero attached hydrogens (tertiary/aromatic N) is 2.